The molecule has 3 rings (SSSR count). The Morgan fingerprint density at radius 1 is 1.39 bits per heavy atom. The van der Waals surface area contributed by atoms with Crippen LogP contribution >= 0.6 is 11.8 Å². The number of amides is 1. The van der Waals surface area contributed by atoms with E-state index in [9.17, 15) is 9.59 Å². The second-order valence-corrected chi connectivity index (χ2v) is 7.26. The number of benzene rings is 1. The fraction of sp³-hybridized carbons (Fsp3) is 0.350. The lowest BCUT2D eigenvalue weighted by atomic mass is 9.86. The van der Waals surface area contributed by atoms with Crippen LogP contribution in [-0.4, -0.2) is 34.9 Å². The van der Waals surface area contributed by atoms with Crippen LogP contribution in [0.5, 0.6) is 11.5 Å². The Hall–Kier alpha value is -2.74. The van der Waals surface area contributed by atoms with E-state index in [2.05, 4.69) is 16.9 Å². The van der Waals surface area contributed by atoms with Gasteiger partial charge in [0.15, 0.2) is 16.7 Å². The van der Waals surface area contributed by atoms with E-state index in [0.29, 0.717) is 40.4 Å². The van der Waals surface area contributed by atoms with E-state index in [1.165, 1.54) is 11.8 Å². The van der Waals surface area contributed by atoms with Crippen molar-refractivity contribution in [2.75, 3.05) is 24.8 Å². The fourth-order valence-corrected chi connectivity index (χ4v) is 3.96. The van der Waals surface area contributed by atoms with Crippen molar-refractivity contribution < 1.29 is 14.3 Å². The molecular formula is C20H23N3O4S. The Balaban J connectivity index is 2.11. The molecule has 0 radical (unpaired) electrons. The molecule has 1 aliphatic rings. The van der Waals surface area contributed by atoms with Gasteiger partial charge in [0.25, 0.3) is 5.56 Å². The van der Waals surface area contributed by atoms with Gasteiger partial charge in [0.05, 0.1) is 19.3 Å². The molecule has 0 aliphatic carbocycles. The van der Waals surface area contributed by atoms with Gasteiger partial charge < -0.3 is 19.4 Å². The van der Waals surface area contributed by atoms with Crippen molar-refractivity contribution >= 4 is 23.5 Å². The van der Waals surface area contributed by atoms with Crippen LogP contribution in [0.15, 0.2) is 40.8 Å². The third-order valence-electron chi connectivity index (χ3n) is 4.52. The van der Waals surface area contributed by atoms with Gasteiger partial charge in [-0.05, 0) is 24.6 Å². The molecule has 0 fully saturated rings. The maximum absolute atomic E-state index is 12.8. The first-order valence-electron chi connectivity index (χ1n) is 8.95. The van der Waals surface area contributed by atoms with E-state index in [4.69, 9.17) is 9.47 Å². The summed E-state index contributed by atoms with van der Waals surface area (Å²) in [7, 11) is 3.35. The van der Waals surface area contributed by atoms with E-state index in [0.717, 1.165) is 5.56 Å². The molecule has 1 aliphatic heterocycles. The first-order valence-corrected chi connectivity index (χ1v) is 9.93. The maximum Gasteiger partial charge on any atom is 0.279 e. The summed E-state index contributed by atoms with van der Waals surface area (Å²) in [6.45, 7) is 6.10. The lowest BCUT2D eigenvalue weighted by Gasteiger charge is -2.27. The molecule has 0 bridgehead atoms. The Morgan fingerprint density at radius 3 is 2.86 bits per heavy atom. The van der Waals surface area contributed by atoms with Gasteiger partial charge in [-0.25, -0.2) is 0 Å². The molecule has 148 valence electrons. The van der Waals surface area contributed by atoms with Gasteiger partial charge in [-0.1, -0.05) is 23.9 Å². The van der Waals surface area contributed by atoms with Crippen LogP contribution in [0, 0.1) is 0 Å². The largest absolute Gasteiger partial charge is 0.493 e. The summed E-state index contributed by atoms with van der Waals surface area (Å²) in [5.74, 6) is 1.74. The molecule has 0 spiro atoms. The van der Waals surface area contributed by atoms with Crippen LogP contribution in [0.2, 0.25) is 0 Å². The highest BCUT2D eigenvalue weighted by Gasteiger charge is 2.32. The monoisotopic (exact) mass is 401 g/mol. The van der Waals surface area contributed by atoms with Crippen LogP contribution in [0.4, 0.5) is 5.82 Å². The van der Waals surface area contributed by atoms with E-state index in [1.54, 1.807) is 30.9 Å². The summed E-state index contributed by atoms with van der Waals surface area (Å²) in [5.41, 5.74) is 0.954. The van der Waals surface area contributed by atoms with Gasteiger partial charge in [-0.3, -0.25) is 9.59 Å². The van der Waals surface area contributed by atoms with Crippen molar-refractivity contribution in [1.82, 2.24) is 9.55 Å². The third kappa shape index (κ3) is 3.77. The molecule has 2 heterocycles. The lowest BCUT2D eigenvalue weighted by Crippen LogP contribution is -2.33. The van der Waals surface area contributed by atoms with Gasteiger partial charge in [-0.2, -0.15) is 4.98 Å². The predicted octanol–water partition coefficient (Wildman–Crippen LogP) is 2.94. The Morgan fingerprint density at radius 2 is 2.18 bits per heavy atom. The zero-order valence-electron chi connectivity index (χ0n) is 16.2. The normalized spacial score (nSPS) is 15.5. The molecule has 1 aromatic carbocycles. The van der Waals surface area contributed by atoms with Crippen molar-refractivity contribution in [3.8, 4) is 11.5 Å². The second-order valence-electron chi connectivity index (χ2n) is 6.27. The highest BCUT2D eigenvalue weighted by molar-refractivity contribution is 7.99. The van der Waals surface area contributed by atoms with Gasteiger partial charge in [0.1, 0.15) is 5.82 Å². The number of fused-ring (bicyclic) bond motifs is 1. The molecule has 7 nitrogen and oxygen atoms in total. The molecule has 1 unspecified atom stereocenters. The van der Waals surface area contributed by atoms with Crippen molar-refractivity contribution in [1.29, 1.82) is 0 Å². The fourth-order valence-electron chi connectivity index (χ4n) is 3.26. The van der Waals surface area contributed by atoms with Gasteiger partial charge >= 0.3 is 0 Å². The molecule has 28 heavy (non-hydrogen) atoms. The van der Waals surface area contributed by atoms with Crippen molar-refractivity contribution in [2.45, 2.75) is 24.4 Å². The molecule has 8 heteroatoms. The topological polar surface area (TPSA) is 82.5 Å². The zero-order valence-corrected chi connectivity index (χ0v) is 17.0. The van der Waals surface area contributed by atoms with Crippen molar-refractivity contribution in [3.63, 3.8) is 0 Å². The Kier molecular flexibility index (Phi) is 6.08. The molecule has 1 atom stereocenters. The number of anilines is 1. The van der Waals surface area contributed by atoms with Crippen LogP contribution < -0.4 is 20.3 Å². The first kappa shape index (κ1) is 20.0. The number of ether oxygens (including phenoxy) is 2. The minimum absolute atomic E-state index is 0.147. The highest BCUT2D eigenvalue weighted by Crippen LogP contribution is 2.39. The van der Waals surface area contributed by atoms with Crippen LogP contribution in [0.25, 0.3) is 0 Å². The molecule has 1 aromatic heterocycles. The smallest absolute Gasteiger partial charge is 0.279 e. The summed E-state index contributed by atoms with van der Waals surface area (Å²) < 4.78 is 12.7. The summed E-state index contributed by atoms with van der Waals surface area (Å²) in [6, 6.07) is 5.48. The molecule has 0 saturated heterocycles. The number of rotatable bonds is 7. The van der Waals surface area contributed by atoms with Gasteiger partial charge in [-0.15, -0.1) is 6.58 Å². The summed E-state index contributed by atoms with van der Waals surface area (Å²) in [6.07, 6.45) is 1.91. The number of nitrogens with one attached hydrogen (secondary N) is 1. The molecule has 0 saturated carbocycles. The van der Waals surface area contributed by atoms with Gasteiger partial charge in [0, 0.05) is 25.1 Å². The average Bonchev–Trinajstić information content (AvgIpc) is 2.69. The number of hydrogen-bond acceptors (Lipinski definition) is 6. The van der Waals surface area contributed by atoms with Crippen LogP contribution in [0.1, 0.15) is 30.4 Å². The predicted molar refractivity (Wildman–Crippen MR) is 110 cm³/mol. The Bertz CT molecular complexity index is 971. The maximum atomic E-state index is 12.8. The number of aromatic nitrogens is 2. The van der Waals surface area contributed by atoms with E-state index in [1.807, 2.05) is 19.1 Å². The second kappa shape index (κ2) is 8.52. The number of carbonyl (C=O) groups is 1. The number of thioether (sulfide) groups is 1. The molecule has 1 amide bonds. The number of carbonyl (C=O) groups excluding carboxylic acids is 1. The van der Waals surface area contributed by atoms with E-state index < -0.39 is 5.92 Å². The van der Waals surface area contributed by atoms with E-state index in [-0.39, 0.29) is 17.9 Å². The third-order valence-corrected chi connectivity index (χ3v) is 5.55. The minimum atomic E-state index is -0.405. The van der Waals surface area contributed by atoms with Crippen molar-refractivity contribution in [2.24, 2.45) is 7.05 Å². The first-order chi connectivity index (χ1) is 13.5. The van der Waals surface area contributed by atoms with Crippen LogP contribution in [-0.2, 0) is 11.8 Å². The summed E-state index contributed by atoms with van der Waals surface area (Å²) in [5, 5.41) is 3.37. The zero-order chi connectivity index (χ0) is 20.3. The lowest BCUT2D eigenvalue weighted by molar-refractivity contribution is -0.116. The average molecular weight is 401 g/mol. The van der Waals surface area contributed by atoms with E-state index >= 15 is 0 Å². The summed E-state index contributed by atoms with van der Waals surface area (Å²) in [4.78, 5) is 29.5. The Labute approximate surface area is 167 Å². The molecular weight excluding hydrogens is 378 g/mol. The minimum Gasteiger partial charge on any atom is -0.493 e. The highest BCUT2D eigenvalue weighted by atomic mass is 32.2. The number of methoxy groups -OCH3 is 1. The van der Waals surface area contributed by atoms with Gasteiger partial charge in [0.2, 0.25) is 5.91 Å². The standard InChI is InChI=1S/C20H23N3O4S/c1-5-9-28-20-22-19(25)17-13(11-16(24)21-18(17)23(20)3)12-7-8-14(27-6-2)15(10-12)26-4/h5,7-8,10,13H,1,6,9,11H2,2-4H3,(H,21,24). The quantitative estimate of drug-likeness (QED) is 0.436. The molecule has 2 aromatic rings. The summed E-state index contributed by atoms with van der Waals surface area (Å²) >= 11 is 1.39. The number of nitrogens with zero attached hydrogens (tertiary/aromatic N) is 2. The molecule has 1 N–H and O–H groups in total. The number of hydrogen-bond donors (Lipinski definition) is 1. The van der Waals surface area contributed by atoms with Crippen molar-refractivity contribution in [3.05, 3.63) is 52.3 Å². The SMILES string of the molecule is C=CCSc1nc(=O)c2c(n1C)NC(=O)CC2c1ccc(OCC)c(OC)c1. The van der Waals surface area contributed by atoms with Crippen LogP contribution in [0.3, 0.4) is 0 Å².